The molecule has 3 atom stereocenters. The summed E-state index contributed by atoms with van der Waals surface area (Å²) in [7, 11) is 0. The monoisotopic (exact) mass is 276 g/mol. The van der Waals surface area contributed by atoms with E-state index in [4.69, 9.17) is 10.5 Å². The molecule has 2 N–H and O–H groups in total. The van der Waals surface area contributed by atoms with Gasteiger partial charge in [-0.15, -0.1) is 12.4 Å². The zero-order valence-electron chi connectivity index (χ0n) is 11.1. The van der Waals surface area contributed by atoms with Gasteiger partial charge in [0, 0.05) is 32.2 Å². The number of carbonyl (C=O) groups is 1. The van der Waals surface area contributed by atoms with Crippen molar-refractivity contribution in [3.63, 3.8) is 0 Å². The van der Waals surface area contributed by atoms with Gasteiger partial charge in [-0.05, 0) is 32.1 Å². The highest BCUT2D eigenvalue weighted by atomic mass is 35.5. The van der Waals surface area contributed by atoms with Crippen LogP contribution in [-0.4, -0.2) is 42.6 Å². The summed E-state index contributed by atoms with van der Waals surface area (Å²) in [6.07, 6.45) is 5.13. The van der Waals surface area contributed by atoms with Gasteiger partial charge in [-0.1, -0.05) is 6.42 Å². The smallest absolute Gasteiger partial charge is 0.222 e. The topological polar surface area (TPSA) is 55.6 Å². The van der Waals surface area contributed by atoms with Gasteiger partial charge in [0.1, 0.15) is 0 Å². The number of hydrogen-bond acceptors (Lipinski definition) is 3. The second-order valence-electron chi connectivity index (χ2n) is 5.43. The van der Waals surface area contributed by atoms with Crippen molar-refractivity contribution >= 4 is 18.3 Å². The zero-order valence-corrected chi connectivity index (χ0v) is 12.0. The van der Waals surface area contributed by atoms with Gasteiger partial charge >= 0.3 is 0 Å². The van der Waals surface area contributed by atoms with Gasteiger partial charge < -0.3 is 15.4 Å². The molecule has 2 fully saturated rings. The Balaban J connectivity index is 0.00000162. The summed E-state index contributed by atoms with van der Waals surface area (Å²) in [4.78, 5) is 14.2. The predicted molar refractivity (Wildman–Crippen MR) is 73.8 cm³/mol. The quantitative estimate of drug-likeness (QED) is 0.833. The van der Waals surface area contributed by atoms with Crippen molar-refractivity contribution in [2.24, 2.45) is 11.7 Å². The van der Waals surface area contributed by atoms with Crippen molar-refractivity contribution in [1.82, 2.24) is 4.90 Å². The van der Waals surface area contributed by atoms with E-state index >= 15 is 0 Å². The fourth-order valence-corrected chi connectivity index (χ4v) is 2.89. The van der Waals surface area contributed by atoms with Crippen LogP contribution in [0.4, 0.5) is 0 Å². The number of nitrogens with two attached hydrogens (primary N) is 1. The first kappa shape index (κ1) is 15.7. The second kappa shape index (κ2) is 7.31. The molecular formula is C13H25ClN2O2. The Kier molecular flexibility index (Phi) is 6.39. The summed E-state index contributed by atoms with van der Waals surface area (Å²) < 4.78 is 5.56. The molecule has 0 aromatic carbocycles. The van der Waals surface area contributed by atoms with Crippen molar-refractivity contribution in [3.05, 3.63) is 0 Å². The van der Waals surface area contributed by atoms with Gasteiger partial charge in [0.15, 0.2) is 0 Å². The van der Waals surface area contributed by atoms with Gasteiger partial charge in [0.25, 0.3) is 0 Å². The third-order valence-corrected chi connectivity index (χ3v) is 3.96. The number of amides is 1. The fourth-order valence-electron chi connectivity index (χ4n) is 2.89. The van der Waals surface area contributed by atoms with Crippen LogP contribution in [0.3, 0.4) is 0 Å². The van der Waals surface area contributed by atoms with Gasteiger partial charge in [-0.25, -0.2) is 0 Å². The highest BCUT2D eigenvalue weighted by Crippen LogP contribution is 2.27. The molecule has 0 bridgehead atoms. The van der Waals surface area contributed by atoms with Crippen LogP contribution in [0.15, 0.2) is 0 Å². The minimum atomic E-state index is 0. The van der Waals surface area contributed by atoms with Crippen LogP contribution >= 0.6 is 12.4 Å². The van der Waals surface area contributed by atoms with E-state index in [0.717, 1.165) is 39.0 Å². The van der Waals surface area contributed by atoms with E-state index in [1.165, 1.54) is 6.42 Å². The van der Waals surface area contributed by atoms with E-state index in [9.17, 15) is 4.79 Å². The van der Waals surface area contributed by atoms with Crippen molar-refractivity contribution in [2.75, 3.05) is 19.7 Å². The number of carbonyl (C=O) groups excluding carboxylic acids is 1. The van der Waals surface area contributed by atoms with Gasteiger partial charge in [0.05, 0.1) is 6.10 Å². The third-order valence-electron chi connectivity index (χ3n) is 3.96. The molecule has 106 valence electrons. The minimum Gasteiger partial charge on any atom is -0.377 e. The number of halogens is 1. The van der Waals surface area contributed by atoms with E-state index in [1.807, 2.05) is 11.8 Å². The van der Waals surface area contributed by atoms with Crippen molar-refractivity contribution in [3.8, 4) is 0 Å². The van der Waals surface area contributed by atoms with Crippen molar-refractivity contribution < 1.29 is 9.53 Å². The summed E-state index contributed by atoms with van der Waals surface area (Å²) >= 11 is 0. The maximum absolute atomic E-state index is 12.2. The van der Waals surface area contributed by atoms with E-state index in [2.05, 4.69) is 0 Å². The minimum absolute atomic E-state index is 0. The Morgan fingerprint density at radius 3 is 2.83 bits per heavy atom. The summed E-state index contributed by atoms with van der Waals surface area (Å²) in [6, 6.07) is 0.236. The highest BCUT2D eigenvalue weighted by molar-refractivity contribution is 5.85. The lowest BCUT2D eigenvalue weighted by molar-refractivity contribution is -0.133. The van der Waals surface area contributed by atoms with E-state index in [0.29, 0.717) is 12.3 Å². The van der Waals surface area contributed by atoms with Crippen LogP contribution in [0.25, 0.3) is 0 Å². The number of rotatable bonds is 2. The molecule has 0 aromatic heterocycles. The maximum Gasteiger partial charge on any atom is 0.222 e. The molecule has 0 radical (unpaired) electrons. The summed E-state index contributed by atoms with van der Waals surface area (Å²) in [5.74, 6) is 0.673. The molecule has 2 aliphatic rings. The summed E-state index contributed by atoms with van der Waals surface area (Å²) in [5, 5.41) is 0. The van der Waals surface area contributed by atoms with Crippen LogP contribution in [0.2, 0.25) is 0 Å². The predicted octanol–water partition coefficient (Wildman–Crippen LogP) is 1.56. The molecule has 1 aliphatic carbocycles. The standard InChI is InChI=1S/C13H24N2O2.ClH/c1-10-9-15(6-3-7-17-10)13(16)8-11-4-2-5-12(11)14;/h10-12H,2-9,14H2,1H3;1H/t10?,11-,12+;/m0./s1. The molecule has 18 heavy (non-hydrogen) atoms. The average Bonchev–Trinajstić information content (AvgIpc) is 2.57. The Hall–Kier alpha value is -0.320. The maximum atomic E-state index is 12.2. The summed E-state index contributed by atoms with van der Waals surface area (Å²) in [6.45, 7) is 4.38. The van der Waals surface area contributed by atoms with Gasteiger partial charge in [-0.3, -0.25) is 4.79 Å². The normalized spacial score (nSPS) is 32.8. The lowest BCUT2D eigenvalue weighted by Gasteiger charge is -2.24. The van der Waals surface area contributed by atoms with E-state index in [1.54, 1.807) is 0 Å². The molecule has 1 aliphatic heterocycles. The lowest BCUT2D eigenvalue weighted by Crippen LogP contribution is -2.38. The summed E-state index contributed by atoms with van der Waals surface area (Å²) in [5.41, 5.74) is 6.02. The SMILES string of the molecule is CC1CN(C(=O)C[C@@H]2CCC[C@H]2N)CCCO1.Cl. The molecule has 0 aromatic rings. The first-order chi connectivity index (χ1) is 8.16. The molecule has 2 rings (SSSR count). The Labute approximate surface area is 116 Å². The van der Waals surface area contributed by atoms with Crippen molar-refractivity contribution in [1.29, 1.82) is 0 Å². The molecule has 1 saturated heterocycles. The highest BCUT2D eigenvalue weighted by Gasteiger charge is 2.28. The molecule has 1 heterocycles. The molecule has 1 unspecified atom stereocenters. The Morgan fingerprint density at radius 2 is 2.17 bits per heavy atom. The molecule has 5 heteroatoms. The molecule has 4 nitrogen and oxygen atoms in total. The Bertz CT molecular complexity index is 276. The molecular weight excluding hydrogens is 252 g/mol. The van der Waals surface area contributed by atoms with Gasteiger partial charge in [0.2, 0.25) is 5.91 Å². The van der Waals surface area contributed by atoms with Crippen LogP contribution < -0.4 is 5.73 Å². The number of nitrogens with zero attached hydrogens (tertiary/aromatic N) is 1. The first-order valence-corrected chi connectivity index (χ1v) is 6.82. The zero-order chi connectivity index (χ0) is 12.3. The second-order valence-corrected chi connectivity index (χ2v) is 5.43. The van der Waals surface area contributed by atoms with Crippen LogP contribution in [0.5, 0.6) is 0 Å². The van der Waals surface area contributed by atoms with E-state index in [-0.39, 0.29) is 30.5 Å². The van der Waals surface area contributed by atoms with Crippen LogP contribution in [0.1, 0.15) is 39.0 Å². The van der Waals surface area contributed by atoms with Crippen LogP contribution in [-0.2, 0) is 9.53 Å². The van der Waals surface area contributed by atoms with Crippen molar-refractivity contribution in [2.45, 2.75) is 51.2 Å². The fraction of sp³-hybridized carbons (Fsp3) is 0.923. The molecule has 0 spiro atoms. The largest absolute Gasteiger partial charge is 0.377 e. The number of hydrogen-bond donors (Lipinski definition) is 1. The lowest BCUT2D eigenvalue weighted by atomic mass is 9.99. The third kappa shape index (κ3) is 4.11. The Morgan fingerprint density at radius 1 is 1.39 bits per heavy atom. The number of ether oxygens (including phenoxy) is 1. The molecule has 1 amide bonds. The first-order valence-electron chi connectivity index (χ1n) is 6.82. The van der Waals surface area contributed by atoms with Gasteiger partial charge in [-0.2, -0.15) is 0 Å². The van der Waals surface area contributed by atoms with Crippen LogP contribution in [0, 0.1) is 5.92 Å². The van der Waals surface area contributed by atoms with E-state index < -0.39 is 0 Å². The molecule has 1 saturated carbocycles. The average molecular weight is 277 g/mol.